The van der Waals surface area contributed by atoms with Crippen LogP contribution in [0, 0.1) is 0 Å². The molecule has 1 amide bonds. The number of carbonyl (C=O) groups is 3. The van der Waals surface area contributed by atoms with Gasteiger partial charge in [0.15, 0.2) is 0 Å². The van der Waals surface area contributed by atoms with Crippen molar-refractivity contribution >= 4 is 23.9 Å². The number of nitrogens with one attached hydrogen (secondary N) is 1. The van der Waals surface area contributed by atoms with Gasteiger partial charge in [-0.3, -0.25) is 9.59 Å². The monoisotopic (exact) mass is 377 g/mol. The van der Waals surface area contributed by atoms with Gasteiger partial charge in [-0.05, 0) is 51.0 Å². The number of carbonyl (C=O) groups excluding carboxylic acids is 3. The first-order chi connectivity index (χ1) is 13.0. The fourth-order valence-electron chi connectivity index (χ4n) is 2.22. The third-order valence-corrected chi connectivity index (χ3v) is 3.45. The van der Waals surface area contributed by atoms with E-state index >= 15 is 0 Å². The molecular weight excluding hydrogens is 350 g/mol. The molecule has 0 fully saturated rings. The molecule has 27 heavy (non-hydrogen) atoms. The fraction of sp³-hybridized carbons (Fsp3) is 0.450. The van der Waals surface area contributed by atoms with Gasteiger partial charge in [-0.15, -0.1) is 0 Å². The van der Waals surface area contributed by atoms with E-state index in [-0.39, 0.29) is 26.1 Å². The van der Waals surface area contributed by atoms with Crippen molar-refractivity contribution in [3.8, 4) is 5.75 Å². The molecule has 0 heterocycles. The first-order valence-electron chi connectivity index (χ1n) is 9.03. The summed E-state index contributed by atoms with van der Waals surface area (Å²) < 4.78 is 15.2. The second kappa shape index (κ2) is 12.5. The lowest BCUT2D eigenvalue weighted by atomic mass is 10.1. The van der Waals surface area contributed by atoms with E-state index in [1.54, 1.807) is 19.9 Å². The minimum absolute atomic E-state index is 0.0141. The third-order valence-electron chi connectivity index (χ3n) is 3.45. The molecule has 0 saturated carbocycles. The molecule has 0 bridgehead atoms. The van der Waals surface area contributed by atoms with Gasteiger partial charge in [-0.1, -0.05) is 12.1 Å². The van der Waals surface area contributed by atoms with Crippen molar-refractivity contribution in [2.75, 3.05) is 19.8 Å². The molecule has 148 valence electrons. The fourth-order valence-corrected chi connectivity index (χ4v) is 2.22. The average molecular weight is 377 g/mol. The Morgan fingerprint density at radius 1 is 1.00 bits per heavy atom. The van der Waals surface area contributed by atoms with Crippen LogP contribution in [0.5, 0.6) is 5.75 Å². The summed E-state index contributed by atoms with van der Waals surface area (Å²) in [7, 11) is 0. The quantitative estimate of drug-likeness (QED) is 0.471. The molecule has 0 aliphatic heterocycles. The summed E-state index contributed by atoms with van der Waals surface area (Å²) in [6, 6.07) is 6.34. The zero-order valence-corrected chi connectivity index (χ0v) is 16.0. The van der Waals surface area contributed by atoms with E-state index < -0.39 is 23.9 Å². The molecule has 1 aromatic carbocycles. The Morgan fingerprint density at radius 3 is 2.26 bits per heavy atom. The molecule has 7 heteroatoms. The van der Waals surface area contributed by atoms with Crippen LogP contribution < -0.4 is 10.1 Å². The second-order valence-electron chi connectivity index (χ2n) is 5.49. The van der Waals surface area contributed by atoms with Crippen LogP contribution in [0.1, 0.15) is 39.2 Å². The zero-order chi connectivity index (χ0) is 20.1. The van der Waals surface area contributed by atoms with E-state index in [0.717, 1.165) is 11.3 Å². The lowest BCUT2D eigenvalue weighted by molar-refractivity contribution is -0.148. The Balaban J connectivity index is 2.65. The van der Waals surface area contributed by atoms with Crippen LogP contribution in [0.3, 0.4) is 0 Å². The first kappa shape index (κ1) is 22.2. The van der Waals surface area contributed by atoms with E-state index in [4.69, 9.17) is 14.2 Å². The summed E-state index contributed by atoms with van der Waals surface area (Å²) in [5.41, 5.74) is 0.813. The molecule has 0 aliphatic carbocycles. The van der Waals surface area contributed by atoms with Gasteiger partial charge in [0, 0.05) is 12.5 Å². The van der Waals surface area contributed by atoms with Crippen LogP contribution >= 0.6 is 0 Å². The molecule has 0 saturated heterocycles. The SMILES string of the molecule is CCOC(=O)CC[C@H](NC(=O)/C=C/c1ccc(OCC)cc1)C(=O)OCC. The Kier molecular flexibility index (Phi) is 10.3. The smallest absolute Gasteiger partial charge is 0.328 e. The highest BCUT2D eigenvalue weighted by atomic mass is 16.5. The normalized spacial score (nSPS) is 11.7. The summed E-state index contributed by atoms with van der Waals surface area (Å²) in [4.78, 5) is 35.6. The number of hydrogen-bond donors (Lipinski definition) is 1. The average Bonchev–Trinajstić information content (AvgIpc) is 2.65. The standard InChI is InChI=1S/C20H27NO6/c1-4-25-16-10-7-15(8-11-16)9-13-18(22)21-17(20(24)27-6-3)12-14-19(23)26-5-2/h7-11,13,17H,4-6,12,14H2,1-3H3,(H,21,22)/b13-9+/t17-/m0/s1. The van der Waals surface area contributed by atoms with Crippen molar-refractivity contribution in [2.45, 2.75) is 39.7 Å². The van der Waals surface area contributed by atoms with Crippen molar-refractivity contribution in [3.63, 3.8) is 0 Å². The zero-order valence-electron chi connectivity index (χ0n) is 16.0. The number of ether oxygens (including phenoxy) is 3. The minimum atomic E-state index is -0.910. The Hall–Kier alpha value is -2.83. The van der Waals surface area contributed by atoms with Crippen LogP contribution in [0.15, 0.2) is 30.3 Å². The summed E-state index contributed by atoms with van der Waals surface area (Å²) >= 11 is 0. The highest BCUT2D eigenvalue weighted by Gasteiger charge is 2.22. The van der Waals surface area contributed by atoms with Gasteiger partial charge >= 0.3 is 11.9 Å². The molecule has 0 radical (unpaired) electrons. The molecule has 1 atom stereocenters. The Bertz CT molecular complexity index is 638. The summed E-state index contributed by atoms with van der Waals surface area (Å²) in [6.45, 7) is 6.31. The maximum atomic E-state index is 12.1. The van der Waals surface area contributed by atoms with Crippen LogP contribution in [0.25, 0.3) is 6.08 Å². The van der Waals surface area contributed by atoms with E-state index in [9.17, 15) is 14.4 Å². The number of esters is 2. The molecule has 1 N–H and O–H groups in total. The van der Waals surface area contributed by atoms with Crippen molar-refractivity contribution in [1.29, 1.82) is 0 Å². The predicted molar refractivity (Wildman–Crippen MR) is 101 cm³/mol. The van der Waals surface area contributed by atoms with Gasteiger partial charge in [-0.25, -0.2) is 4.79 Å². The van der Waals surface area contributed by atoms with Crippen molar-refractivity contribution in [3.05, 3.63) is 35.9 Å². The molecule has 0 spiro atoms. The van der Waals surface area contributed by atoms with Crippen molar-refractivity contribution in [2.24, 2.45) is 0 Å². The van der Waals surface area contributed by atoms with E-state index in [2.05, 4.69) is 5.32 Å². The lowest BCUT2D eigenvalue weighted by Gasteiger charge is -2.16. The topological polar surface area (TPSA) is 90.9 Å². The molecule has 1 rings (SSSR count). The van der Waals surface area contributed by atoms with Gasteiger partial charge in [-0.2, -0.15) is 0 Å². The van der Waals surface area contributed by atoms with E-state index in [1.165, 1.54) is 6.08 Å². The maximum absolute atomic E-state index is 12.1. The highest BCUT2D eigenvalue weighted by Crippen LogP contribution is 2.13. The molecule has 0 unspecified atom stereocenters. The number of benzene rings is 1. The van der Waals surface area contributed by atoms with Gasteiger partial charge in [0.2, 0.25) is 5.91 Å². The molecule has 1 aromatic rings. The number of hydrogen-bond acceptors (Lipinski definition) is 6. The molecular formula is C20H27NO6. The van der Waals surface area contributed by atoms with Crippen molar-refractivity contribution in [1.82, 2.24) is 5.32 Å². The lowest BCUT2D eigenvalue weighted by Crippen LogP contribution is -2.41. The largest absolute Gasteiger partial charge is 0.494 e. The third kappa shape index (κ3) is 8.89. The Morgan fingerprint density at radius 2 is 1.67 bits per heavy atom. The first-order valence-corrected chi connectivity index (χ1v) is 9.03. The predicted octanol–water partition coefficient (Wildman–Crippen LogP) is 2.49. The molecule has 0 aromatic heterocycles. The van der Waals surface area contributed by atoms with Gasteiger partial charge in [0.1, 0.15) is 11.8 Å². The van der Waals surface area contributed by atoms with E-state index in [0.29, 0.717) is 6.61 Å². The second-order valence-corrected chi connectivity index (χ2v) is 5.49. The van der Waals surface area contributed by atoms with Crippen LogP contribution in [-0.2, 0) is 23.9 Å². The van der Waals surface area contributed by atoms with Gasteiger partial charge < -0.3 is 19.5 Å². The van der Waals surface area contributed by atoms with Gasteiger partial charge in [0.25, 0.3) is 0 Å². The van der Waals surface area contributed by atoms with Crippen LogP contribution in [0.2, 0.25) is 0 Å². The van der Waals surface area contributed by atoms with E-state index in [1.807, 2.05) is 31.2 Å². The van der Waals surface area contributed by atoms with Gasteiger partial charge in [0.05, 0.1) is 19.8 Å². The van der Waals surface area contributed by atoms with Crippen LogP contribution in [-0.4, -0.2) is 43.7 Å². The highest BCUT2D eigenvalue weighted by molar-refractivity contribution is 5.94. The summed E-state index contributed by atoms with van der Waals surface area (Å²) in [5.74, 6) is -0.707. The Labute approximate surface area is 159 Å². The number of amides is 1. The molecule has 0 aliphatic rings. The number of rotatable bonds is 11. The van der Waals surface area contributed by atoms with Crippen LogP contribution in [0.4, 0.5) is 0 Å². The minimum Gasteiger partial charge on any atom is -0.494 e. The summed E-state index contributed by atoms with van der Waals surface area (Å²) in [5, 5.41) is 2.57. The van der Waals surface area contributed by atoms with Crippen molar-refractivity contribution < 1.29 is 28.6 Å². The summed E-state index contributed by atoms with van der Waals surface area (Å²) in [6.07, 6.45) is 3.07. The maximum Gasteiger partial charge on any atom is 0.328 e. The molecule has 7 nitrogen and oxygen atoms in total.